The van der Waals surface area contributed by atoms with E-state index in [0.717, 1.165) is 21.1 Å². The molecule has 0 N–H and O–H groups in total. The zero-order valence-corrected chi connectivity index (χ0v) is 8.74. The lowest BCUT2D eigenvalue weighted by Crippen LogP contribution is -2.02. The predicted octanol–water partition coefficient (Wildman–Crippen LogP) is 1.98. The minimum atomic E-state index is -0.770. The molecule has 0 fully saturated rings. The van der Waals surface area contributed by atoms with Crippen LogP contribution in [-0.4, -0.2) is 22.3 Å². The third-order valence-electron chi connectivity index (χ3n) is 1.74. The smallest absolute Gasteiger partial charge is 0.294 e. The van der Waals surface area contributed by atoms with Crippen LogP contribution < -0.4 is 0 Å². The fraction of sp³-hybridized carbons (Fsp3) is 0.571. The van der Waals surface area contributed by atoms with Crippen molar-refractivity contribution >= 4 is 28.8 Å². The largest absolute Gasteiger partial charge is 0.314 e. The lowest BCUT2D eigenvalue weighted by molar-refractivity contribution is -0.757. The summed E-state index contributed by atoms with van der Waals surface area (Å²) in [6, 6.07) is 0. The fourth-order valence-electron chi connectivity index (χ4n) is 0.997. The number of thiocarbonyl (C=S) groups is 1. The predicted molar refractivity (Wildman–Crippen MR) is 55.3 cm³/mol. The van der Waals surface area contributed by atoms with Crippen LogP contribution in [0.1, 0.15) is 13.3 Å². The van der Waals surface area contributed by atoms with Crippen molar-refractivity contribution in [1.29, 1.82) is 0 Å². The molecule has 1 heterocycles. The molecule has 0 atom stereocenters. The Kier molecular flexibility index (Phi) is 3.68. The number of nitrogens with zero attached hydrogens (tertiary/aromatic N) is 1. The Hall–Kier alpha value is -0.620. The molecule has 0 saturated heterocycles. The highest BCUT2D eigenvalue weighted by Crippen LogP contribution is 2.31. The molecule has 0 spiro atoms. The van der Waals surface area contributed by atoms with Gasteiger partial charge in [-0.2, -0.15) is 0 Å². The third kappa shape index (κ3) is 2.96. The van der Waals surface area contributed by atoms with E-state index in [0.29, 0.717) is 6.42 Å². The van der Waals surface area contributed by atoms with Crippen molar-refractivity contribution in [3.05, 3.63) is 20.6 Å². The summed E-state index contributed by atoms with van der Waals surface area (Å²) in [5, 5.41) is 9.08. The van der Waals surface area contributed by atoms with Crippen LogP contribution >= 0.6 is 24.0 Å². The first-order chi connectivity index (χ1) is 6.11. The van der Waals surface area contributed by atoms with Crippen LogP contribution in [0.25, 0.3) is 0 Å². The molecule has 0 radical (unpaired) electrons. The molecule has 1 aliphatic rings. The molecule has 0 aromatic carbocycles. The highest BCUT2D eigenvalue weighted by molar-refractivity contribution is 8.05. The van der Waals surface area contributed by atoms with Gasteiger partial charge in [0.15, 0.2) is 0 Å². The topological polar surface area (TPSA) is 52.4 Å². The second kappa shape index (κ2) is 4.57. The van der Waals surface area contributed by atoms with E-state index >= 15 is 0 Å². The van der Waals surface area contributed by atoms with E-state index in [1.807, 2.05) is 6.92 Å². The van der Waals surface area contributed by atoms with Crippen LogP contribution in [0, 0.1) is 10.1 Å². The number of hydrogen-bond acceptors (Lipinski definition) is 5. The zero-order valence-electron chi connectivity index (χ0n) is 7.11. The fourth-order valence-corrected chi connectivity index (χ4v) is 2.45. The SMILES string of the molecule is CC1=C(CCO[N+](=O)[O-])SCC1=S. The first-order valence-corrected chi connectivity index (χ1v) is 5.13. The van der Waals surface area contributed by atoms with Gasteiger partial charge in [0.1, 0.15) is 6.61 Å². The summed E-state index contributed by atoms with van der Waals surface area (Å²) in [5.41, 5.74) is 1.09. The van der Waals surface area contributed by atoms with Gasteiger partial charge in [-0.25, -0.2) is 0 Å². The van der Waals surface area contributed by atoms with Crippen molar-refractivity contribution in [2.45, 2.75) is 13.3 Å². The third-order valence-corrected chi connectivity index (χ3v) is 3.66. The number of hydrogen-bond donors (Lipinski definition) is 0. The zero-order chi connectivity index (χ0) is 9.84. The van der Waals surface area contributed by atoms with E-state index in [-0.39, 0.29) is 6.61 Å². The second-order valence-corrected chi connectivity index (χ2v) is 4.13. The molecule has 0 saturated carbocycles. The van der Waals surface area contributed by atoms with E-state index < -0.39 is 5.09 Å². The molecular weight excluding hydrogens is 210 g/mol. The Morgan fingerprint density at radius 2 is 2.46 bits per heavy atom. The lowest BCUT2D eigenvalue weighted by Gasteiger charge is -2.00. The summed E-state index contributed by atoms with van der Waals surface area (Å²) in [5.74, 6) is 0.828. The number of thioether (sulfide) groups is 1. The minimum Gasteiger partial charge on any atom is -0.314 e. The molecule has 0 unspecified atom stereocenters. The van der Waals surface area contributed by atoms with Crippen LogP contribution in [0.3, 0.4) is 0 Å². The van der Waals surface area contributed by atoms with Gasteiger partial charge in [-0.05, 0) is 17.4 Å². The van der Waals surface area contributed by atoms with Crippen LogP contribution in [0.2, 0.25) is 0 Å². The average molecular weight is 219 g/mol. The Morgan fingerprint density at radius 3 is 2.92 bits per heavy atom. The van der Waals surface area contributed by atoms with E-state index in [2.05, 4.69) is 4.84 Å². The van der Waals surface area contributed by atoms with Crippen molar-refractivity contribution in [3.8, 4) is 0 Å². The quantitative estimate of drug-likeness (QED) is 0.411. The van der Waals surface area contributed by atoms with Crippen molar-refractivity contribution < 1.29 is 9.92 Å². The molecule has 0 aromatic rings. The summed E-state index contributed by atoms with van der Waals surface area (Å²) >= 11 is 6.71. The molecule has 72 valence electrons. The number of rotatable bonds is 4. The Morgan fingerprint density at radius 1 is 1.77 bits per heavy atom. The van der Waals surface area contributed by atoms with Gasteiger partial charge in [0.25, 0.3) is 5.09 Å². The van der Waals surface area contributed by atoms with Gasteiger partial charge in [0.05, 0.1) is 0 Å². The molecule has 1 aliphatic heterocycles. The maximum Gasteiger partial charge on any atom is 0.294 e. The van der Waals surface area contributed by atoms with Gasteiger partial charge >= 0.3 is 0 Å². The van der Waals surface area contributed by atoms with Crippen molar-refractivity contribution in [2.24, 2.45) is 0 Å². The first kappa shape index (κ1) is 10.5. The van der Waals surface area contributed by atoms with E-state index in [9.17, 15) is 10.1 Å². The summed E-state index contributed by atoms with van der Waals surface area (Å²) in [6.45, 7) is 2.07. The molecule has 0 aromatic heterocycles. The average Bonchev–Trinajstić information content (AvgIpc) is 2.35. The van der Waals surface area contributed by atoms with Crippen LogP contribution in [0.5, 0.6) is 0 Å². The van der Waals surface area contributed by atoms with E-state index in [1.165, 1.54) is 0 Å². The lowest BCUT2D eigenvalue weighted by atomic mass is 10.2. The van der Waals surface area contributed by atoms with Gasteiger partial charge in [-0.3, -0.25) is 0 Å². The monoisotopic (exact) mass is 219 g/mol. The maximum atomic E-state index is 9.85. The summed E-state index contributed by atoms with van der Waals surface area (Å²) in [7, 11) is 0. The van der Waals surface area contributed by atoms with Gasteiger partial charge in [-0.1, -0.05) is 12.2 Å². The standard InChI is InChI=1S/C7H9NO3S2/c1-5-6(12)4-13-7(5)2-3-11-8(9)10/h2-4H2,1H3. The highest BCUT2D eigenvalue weighted by atomic mass is 32.2. The van der Waals surface area contributed by atoms with Crippen molar-refractivity contribution in [1.82, 2.24) is 0 Å². The Balaban J connectivity index is 2.37. The minimum absolute atomic E-state index is 0.120. The van der Waals surface area contributed by atoms with E-state index in [4.69, 9.17) is 12.2 Å². The van der Waals surface area contributed by atoms with Gasteiger partial charge in [0.2, 0.25) is 0 Å². The summed E-state index contributed by atoms with van der Waals surface area (Å²) in [6.07, 6.45) is 0.581. The Bertz CT molecular complexity index is 275. The molecule has 6 heteroatoms. The molecule has 1 rings (SSSR count). The number of allylic oxidation sites excluding steroid dienone is 1. The van der Waals surface area contributed by atoms with Crippen LogP contribution in [0.4, 0.5) is 0 Å². The normalized spacial score (nSPS) is 16.5. The molecular formula is C7H9NO3S2. The molecule has 4 nitrogen and oxygen atoms in total. The van der Waals surface area contributed by atoms with Gasteiger partial charge < -0.3 is 4.84 Å². The van der Waals surface area contributed by atoms with Crippen molar-refractivity contribution in [3.63, 3.8) is 0 Å². The molecule has 0 amide bonds. The van der Waals surface area contributed by atoms with Crippen LogP contribution in [0.15, 0.2) is 10.5 Å². The molecule has 0 aliphatic carbocycles. The van der Waals surface area contributed by atoms with Gasteiger partial charge in [0, 0.05) is 17.0 Å². The first-order valence-electron chi connectivity index (χ1n) is 3.74. The maximum absolute atomic E-state index is 9.85. The summed E-state index contributed by atoms with van der Waals surface area (Å²) in [4.78, 5) is 16.1. The molecule has 13 heavy (non-hydrogen) atoms. The van der Waals surface area contributed by atoms with Gasteiger partial charge in [-0.15, -0.1) is 21.9 Å². The second-order valence-electron chi connectivity index (χ2n) is 2.57. The molecule has 0 bridgehead atoms. The van der Waals surface area contributed by atoms with Crippen molar-refractivity contribution in [2.75, 3.05) is 12.4 Å². The van der Waals surface area contributed by atoms with Crippen LogP contribution in [-0.2, 0) is 4.84 Å². The summed E-state index contributed by atoms with van der Waals surface area (Å²) < 4.78 is 0. The Labute approximate surface area is 85.4 Å². The highest BCUT2D eigenvalue weighted by Gasteiger charge is 2.16. The van der Waals surface area contributed by atoms with E-state index in [1.54, 1.807) is 11.8 Å².